The highest BCUT2D eigenvalue weighted by Crippen LogP contribution is 2.17. The largest absolute Gasteiger partial charge is 0.384 e. The Bertz CT molecular complexity index is 335. The molecule has 1 atom stereocenters. The fourth-order valence-corrected chi connectivity index (χ4v) is 1.85. The first-order valence-electron chi connectivity index (χ1n) is 5.48. The topological polar surface area (TPSA) is 61.0 Å². The lowest BCUT2D eigenvalue weighted by Gasteiger charge is -2.07. The average molecular weight is 207 g/mol. The van der Waals surface area contributed by atoms with E-state index in [2.05, 4.69) is 16.9 Å². The van der Waals surface area contributed by atoms with E-state index < -0.39 is 0 Å². The number of hydrogen-bond acceptors (Lipinski definition) is 4. The van der Waals surface area contributed by atoms with Crippen molar-refractivity contribution in [3.63, 3.8) is 0 Å². The van der Waals surface area contributed by atoms with Crippen LogP contribution in [0.2, 0.25) is 0 Å². The minimum absolute atomic E-state index is 0.566. The number of rotatable bonds is 3. The molecule has 2 rings (SSSR count). The second-order valence-corrected chi connectivity index (χ2v) is 3.99. The van der Waals surface area contributed by atoms with Crippen LogP contribution in [0.15, 0.2) is 6.07 Å². The molecule has 0 aromatic carbocycles. The van der Waals surface area contributed by atoms with Crippen molar-refractivity contribution < 1.29 is 4.74 Å². The van der Waals surface area contributed by atoms with Crippen LogP contribution in [0, 0.1) is 5.92 Å². The van der Waals surface area contributed by atoms with Gasteiger partial charge in [-0.15, -0.1) is 0 Å². The van der Waals surface area contributed by atoms with Crippen molar-refractivity contribution in [3.8, 4) is 0 Å². The molecular formula is C11H17N3O. The molecule has 0 spiro atoms. The van der Waals surface area contributed by atoms with E-state index >= 15 is 0 Å². The summed E-state index contributed by atoms with van der Waals surface area (Å²) < 4.78 is 5.33. The van der Waals surface area contributed by atoms with Crippen LogP contribution in [0.4, 0.5) is 5.82 Å². The first-order chi connectivity index (χ1) is 7.28. The predicted molar refractivity (Wildman–Crippen MR) is 58.5 cm³/mol. The Morgan fingerprint density at radius 2 is 2.40 bits per heavy atom. The molecule has 2 heterocycles. The monoisotopic (exact) mass is 207 g/mol. The molecule has 0 saturated carbocycles. The highest BCUT2D eigenvalue weighted by Gasteiger charge is 2.17. The third-order valence-corrected chi connectivity index (χ3v) is 2.70. The smallest absolute Gasteiger partial charge is 0.131 e. The molecule has 4 nitrogen and oxygen atoms in total. The lowest BCUT2D eigenvalue weighted by Crippen LogP contribution is -2.09. The molecule has 1 aromatic heterocycles. The second kappa shape index (κ2) is 4.57. The number of nitrogens with two attached hydrogens (primary N) is 1. The fourth-order valence-electron chi connectivity index (χ4n) is 1.85. The minimum atomic E-state index is 0.566. The molecule has 1 aliphatic rings. The molecule has 0 bridgehead atoms. The standard InChI is InChI=1S/C11H17N3O/c1-2-9-6-10(12)14-11(13-9)5-8-3-4-15-7-8/h6,8H,2-5,7H2,1H3,(H2,12,13,14). The quantitative estimate of drug-likeness (QED) is 0.809. The summed E-state index contributed by atoms with van der Waals surface area (Å²) in [5.41, 5.74) is 6.75. The zero-order chi connectivity index (χ0) is 10.7. The Morgan fingerprint density at radius 3 is 3.07 bits per heavy atom. The van der Waals surface area contributed by atoms with Gasteiger partial charge in [0.25, 0.3) is 0 Å². The van der Waals surface area contributed by atoms with Gasteiger partial charge in [0.15, 0.2) is 0 Å². The molecule has 4 heteroatoms. The van der Waals surface area contributed by atoms with Crippen LogP contribution >= 0.6 is 0 Å². The molecule has 1 aliphatic heterocycles. The van der Waals surface area contributed by atoms with Gasteiger partial charge in [0.05, 0.1) is 0 Å². The average Bonchev–Trinajstić information content (AvgIpc) is 2.69. The molecule has 0 aliphatic carbocycles. The summed E-state index contributed by atoms with van der Waals surface area (Å²) in [4.78, 5) is 8.73. The van der Waals surface area contributed by atoms with E-state index in [1.807, 2.05) is 6.07 Å². The molecule has 2 N–H and O–H groups in total. The maximum Gasteiger partial charge on any atom is 0.131 e. The Labute approximate surface area is 89.9 Å². The van der Waals surface area contributed by atoms with Crippen LogP contribution in [-0.4, -0.2) is 23.2 Å². The van der Waals surface area contributed by atoms with E-state index in [-0.39, 0.29) is 0 Å². The Kier molecular flexibility index (Phi) is 3.16. The first-order valence-corrected chi connectivity index (χ1v) is 5.48. The number of anilines is 1. The van der Waals surface area contributed by atoms with Crippen LogP contribution < -0.4 is 5.73 Å². The van der Waals surface area contributed by atoms with Crippen LogP contribution in [0.3, 0.4) is 0 Å². The van der Waals surface area contributed by atoms with E-state index in [9.17, 15) is 0 Å². The molecular weight excluding hydrogens is 190 g/mol. The number of aromatic nitrogens is 2. The Balaban J connectivity index is 2.09. The van der Waals surface area contributed by atoms with E-state index in [0.29, 0.717) is 11.7 Å². The zero-order valence-electron chi connectivity index (χ0n) is 9.07. The van der Waals surface area contributed by atoms with Gasteiger partial charge in [0.2, 0.25) is 0 Å². The van der Waals surface area contributed by atoms with Crippen LogP contribution in [0.5, 0.6) is 0 Å². The SMILES string of the molecule is CCc1cc(N)nc(CC2CCOC2)n1. The van der Waals surface area contributed by atoms with Crippen molar-refractivity contribution in [2.24, 2.45) is 5.92 Å². The summed E-state index contributed by atoms with van der Waals surface area (Å²) in [5.74, 6) is 2.01. The third-order valence-electron chi connectivity index (χ3n) is 2.70. The number of aryl methyl sites for hydroxylation is 1. The summed E-state index contributed by atoms with van der Waals surface area (Å²) in [5, 5.41) is 0. The molecule has 82 valence electrons. The van der Waals surface area contributed by atoms with Gasteiger partial charge in [-0.3, -0.25) is 0 Å². The fraction of sp³-hybridized carbons (Fsp3) is 0.636. The van der Waals surface area contributed by atoms with E-state index in [0.717, 1.165) is 44.0 Å². The van der Waals surface area contributed by atoms with Crippen molar-refractivity contribution >= 4 is 5.82 Å². The highest BCUT2D eigenvalue weighted by molar-refractivity contribution is 5.29. The van der Waals surface area contributed by atoms with Crippen molar-refractivity contribution in [2.45, 2.75) is 26.2 Å². The van der Waals surface area contributed by atoms with Crippen molar-refractivity contribution in [3.05, 3.63) is 17.6 Å². The summed E-state index contributed by atoms with van der Waals surface area (Å²) in [7, 11) is 0. The third kappa shape index (κ3) is 2.65. The lowest BCUT2D eigenvalue weighted by atomic mass is 10.0. The van der Waals surface area contributed by atoms with Gasteiger partial charge in [-0.1, -0.05) is 6.92 Å². The van der Waals surface area contributed by atoms with Gasteiger partial charge in [-0.25, -0.2) is 9.97 Å². The summed E-state index contributed by atoms with van der Waals surface area (Å²) >= 11 is 0. The molecule has 1 saturated heterocycles. The Hall–Kier alpha value is -1.16. The first kappa shape index (κ1) is 10.4. The van der Waals surface area contributed by atoms with E-state index in [4.69, 9.17) is 10.5 Å². The van der Waals surface area contributed by atoms with Gasteiger partial charge < -0.3 is 10.5 Å². The van der Waals surface area contributed by atoms with Crippen LogP contribution in [0.25, 0.3) is 0 Å². The number of hydrogen-bond donors (Lipinski definition) is 1. The van der Waals surface area contributed by atoms with Gasteiger partial charge in [0.1, 0.15) is 11.6 Å². The van der Waals surface area contributed by atoms with Gasteiger partial charge in [-0.05, 0) is 18.8 Å². The normalized spacial score (nSPS) is 20.7. The summed E-state index contributed by atoms with van der Waals surface area (Å²) in [6.07, 6.45) is 2.90. The maximum atomic E-state index is 5.73. The number of nitrogens with zero attached hydrogens (tertiary/aromatic N) is 2. The predicted octanol–water partition coefficient (Wildman–Crippen LogP) is 1.20. The van der Waals surface area contributed by atoms with E-state index in [1.165, 1.54) is 0 Å². The van der Waals surface area contributed by atoms with E-state index in [1.54, 1.807) is 0 Å². The lowest BCUT2D eigenvalue weighted by molar-refractivity contribution is 0.185. The maximum absolute atomic E-state index is 5.73. The highest BCUT2D eigenvalue weighted by atomic mass is 16.5. The minimum Gasteiger partial charge on any atom is -0.384 e. The number of ether oxygens (including phenoxy) is 1. The second-order valence-electron chi connectivity index (χ2n) is 3.99. The molecule has 1 aromatic rings. The van der Waals surface area contributed by atoms with Gasteiger partial charge >= 0.3 is 0 Å². The molecule has 0 amide bonds. The number of nitrogen functional groups attached to an aromatic ring is 1. The summed E-state index contributed by atoms with van der Waals surface area (Å²) in [6.45, 7) is 3.78. The van der Waals surface area contributed by atoms with Crippen LogP contribution in [-0.2, 0) is 17.6 Å². The van der Waals surface area contributed by atoms with Crippen molar-refractivity contribution in [1.82, 2.24) is 9.97 Å². The summed E-state index contributed by atoms with van der Waals surface area (Å²) in [6, 6.07) is 1.84. The van der Waals surface area contributed by atoms with Crippen LogP contribution in [0.1, 0.15) is 24.9 Å². The van der Waals surface area contributed by atoms with Gasteiger partial charge in [-0.2, -0.15) is 0 Å². The Morgan fingerprint density at radius 1 is 1.53 bits per heavy atom. The molecule has 15 heavy (non-hydrogen) atoms. The zero-order valence-corrected chi connectivity index (χ0v) is 9.07. The molecule has 1 unspecified atom stereocenters. The van der Waals surface area contributed by atoms with Gasteiger partial charge in [0, 0.05) is 31.4 Å². The van der Waals surface area contributed by atoms with Crippen molar-refractivity contribution in [2.75, 3.05) is 18.9 Å². The molecule has 1 fully saturated rings. The molecule has 0 radical (unpaired) electrons. The van der Waals surface area contributed by atoms with Crippen molar-refractivity contribution in [1.29, 1.82) is 0 Å².